The molecule has 1 N–H and O–H groups in total. The van der Waals surface area contributed by atoms with E-state index >= 15 is 0 Å². The summed E-state index contributed by atoms with van der Waals surface area (Å²) in [5, 5.41) is 3.01. The van der Waals surface area contributed by atoms with Crippen LogP contribution in [0.2, 0.25) is 0 Å². The quantitative estimate of drug-likeness (QED) is 0.872. The van der Waals surface area contributed by atoms with Crippen LogP contribution in [0.4, 0.5) is 0 Å². The van der Waals surface area contributed by atoms with Crippen molar-refractivity contribution in [2.24, 2.45) is 5.41 Å². The number of ketones is 1. The third-order valence-electron chi connectivity index (χ3n) is 4.61. The molecule has 1 aromatic carbocycles. The van der Waals surface area contributed by atoms with Gasteiger partial charge in [0.25, 0.3) is 5.91 Å². The summed E-state index contributed by atoms with van der Waals surface area (Å²) in [5.74, 6) is 0.0698. The van der Waals surface area contributed by atoms with Gasteiger partial charge in [0.1, 0.15) is 5.78 Å². The van der Waals surface area contributed by atoms with Crippen LogP contribution in [0.25, 0.3) is 0 Å². The predicted octanol–water partition coefficient (Wildman–Crippen LogP) is 3.06. The topological polar surface area (TPSA) is 49.4 Å². The molecule has 1 aliphatic rings. The van der Waals surface area contributed by atoms with Crippen molar-refractivity contribution in [2.45, 2.75) is 46.5 Å². The molecule has 1 heterocycles. The van der Waals surface area contributed by atoms with E-state index < -0.39 is 5.41 Å². The van der Waals surface area contributed by atoms with Crippen LogP contribution < -0.4 is 5.32 Å². The highest BCUT2D eigenvalue weighted by Crippen LogP contribution is 2.19. The Morgan fingerprint density at radius 2 is 1.75 bits per heavy atom. The summed E-state index contributed by atoms with van der Waals surface area (Å²) < 4.78 is 0. The molecule has 24 heavy (non-hydrogen) atoms. The van der Waals surface area contributed by atoms with Gasteiger partial charge in [0.05, 0.1) is 0 Å². The van der Waals surface area contributed by atoms with Crippen LogP contribution in [0.5, 0.6) is 0 Å². The van der Waals surface area contributed by atoms with E-state index in [4.69, 9.17) is 0 Å². The number of hydrogen-bond donors (Lipinski definition) is 1. The van der Waals surface area contributed by atoms with E-state index in [0.717, 1.165) is 25.2 Å². The fourth-order valence-electron chi connectivity index (χ4n) is 2.94. The Bertz CT molecular complexity index is 569. The molecule has 0 atom stereocenters. The van der Waals surface area contributed by atoms with Crippen molar-refractivity contribution in [1.82, 2.24) is 10.2 Å². The Morgan fingerprint density at radius 3 is 2.42 bits per heavy atom. The lowest BCUT2D eigenvalue weighted by Gasteiger charge is -2.26. The Balaban J connectivity index is 1.92. The molecule has 0 bridgehead atoms. The van der Waals surface area contributed by atoms with Gasteiger partial charge in [0.2, 0.25) is 0 Å². The zero-order valence-electron chi connectivity index (χ0n) is 15.2. The summed E-state index contributed by atoms with van der Waals surface area (Å²) >= 11 is 0. The zero-order chi connectivity index (χ0) is 17.6. The van der Waals surface area contributed by atoms with Crippen molar-refractivity contribution < 1.29 is 9.59 Å². The first-order chi connectivity index (χ1) is 11.4. The molecule has 1 amide bonds. The molecule has 132 valence electrons. The van der Waals surface area contributed by atoms with Crippen molar-refractivity contribution in [2.75, 3.05) is 26.2 Å². The van der Waals surface area contributed by atoms with Crippen LogP contribution in [0.1, 0.15) is 56.0 Å². The maximum atomic E-state index is 12.5. The highest BCUT2D eigenvalue weighted by Gasteiger charge is 2.23. The van der Waals surface area contributed by atoms with Crippen LogP contribution in [0.3, 0.4) is 0 Å². The molecule has 2 rings (SSSR count). The minimum absolute atomic E-state index is 0.0793. The van der Waals surface area contributed by atoms with Crippen LogP contribution in [0, 0.1) is 5.41 Å². The Hall–Kier alpha value is -1.68. The van der Waals surface area contributed by atoms with Crippen LogP contribution in [-0.4, -0.2) is 42.8 Å². The van der Waals surface area contributed by atoms with Gasteiger partial charge in [-0.1, -0.05) is 45.4 Å². The standard InChI is InChI=1S/C20H30N2O2/c1-20(2,3)18(23)15-16-9-5-6-10-17(16)19(24)21-11-14-22-12-7-4-8-13-22/h5-6,9-10H,4,7-8,11-15H2,1-3H3,(H,21,24). The lowest BCUT2D eigenvalue weighted by molar-refractivity contribution is -0.125. The number of nitrogens with one attached hydrogen (secondary N) is 1. The van der Waals surface area contributed by atoms with E-state index in [-0.39, 0.29) is 11.7 Å². The number of carbonyl (C=O) groups excluding carboxylic acids is 2. The first kappa shape index (κ1) is 18.7. The average Bonchev–Trinajstić information content (AvgIpc) is 2.55. The molecule has 1 saturated heterocycles. The smallest absolute Gasteiger partial charge is 0.251 e. The number of amides is 1. The largest absolute Gasteiger partial charge is 0.351 e. The molecular weight excluding hydrogens is 300 g/mol. The lowest BCUT2D eigenvalue weighted by atomic mass is 9.86. The Kier molecular flexibility index (Phi) is 6.55. The number of rotatable bonds is 6. The zero-order valence-corrected chi connectivity index (χ0v) is 15.2. The van der Waals surface area contributed by atoms with Gasteiger partial charge in [0, 0.05) is 30.5 Å². The van der Waals surface area contributed by atoms with Crippen LogP contribution in [-0.2, 0) is 11.2 Å². The van der Waals surface area contributed by atoms with E-state index in [2.05, 4.69) is 10.2 Å². The SMILES string of the molecule is CC(C)(C)C(=O)Cc1ccccc1C(=O)NCCN1CCCCC1. The molecule has 0 aliphatic carbocycles. The van der Waals surface area contributed by atoms with E-state index in [1.807, 2.05) is 45.0 Å². The first-order valence-corrected chi connectivity index (χ1v) is 8.99. The minimum atomic E-state index is -0.391. The summed E-state index contributed by atoms with van der Waals surface area (Å²) in [6.07, 6.45) is 4.13. The van der Waals surface area contributed by atoms with Gasteiger partial charge in [-0.05, 0) is 37.6 Å². The van der Waals surface area contributed by atoms with Gasteiger partial charge in [-0.25, -0.2) is 0 Å². The molecular formula is C20H30N2O2. The second kappa shape index (κ2) is 8.43. The van der Waals surface area contributed by atoms with Crippen LogP contribution in [0.15, 0.2) is 24.3 Å². The molecule has 1 aromatic rings. The van der Waals surface area contributed by atoms with E-state index in [0.29, 0.717) is 18.5 Å². The minimum Gasteiger partial charge on any atom is -0.351 e. The molecule has 0 spiro atoms. The molecule has 1 aliphatic heterocycles. The van der Waals surface area contributed by atoms with E-state index in [9.17, 15) is 9.59 Å². The maximum absolute atomic E-state index is 12.5. The number of hydrogen-bond acceptors (Lipinski definition) is 3. The number of carbonyl (C=O) groups is 2. The third kappa shape index (κ3) is 5.45. The summed E-state index contributed by atoms with van der Waals surface area (Å²) in [4.78, 5) is 27.2. The Labute approximate surface area is 145 Å². The molecule has 0 radical (unpaired) electrons. The second-order valence-corrected chi connectivity index (χ2v) is 7.67. The molecule has 4 nitrogen and oxygen atoms in total. The Morgan fingerprint density at radius 1 is 1.08 bits per heavy atom. The van der Waals surface area contributed by atoms with Gasteiger partial charge < -0.3 is 10.2 Å². The average molecular weight is 330 g/mol. The van der Waals surface area contributed by atoms with Gasteiger partial charge >= 0.3 is 0 Å². The molecule has 0 unspecified atom stereocenters. The first-order valence-electron chi connectivity index (χ1n) is 8.99. The number of Topliss-reactive ketones (excluding diaryl/α,β-unsaturated/α-hetero) is 1. The van der Waals surface area contributed by atoms with E-state index in [1.165, 1.54) is 19.3 Å². The maximum Gasteiger partial charge on any atom is 0.251 e. The summed E-state index contributed by atoms with van der Waals surface area (Å²) in [5.41, 5.74) is 1.04. The molecule has 1 fully saturated rings. The van der Waals surface area contributed by atoms with Gasteiger partial charge in [-0.2, -0.15) is 0 Å². The highest BCUT2D eigenvalue weighted by atomic mass is 16.1. The number of piperidine rings is 1. The summed E-state index contributed by atoms with van der Waals surface area (Å²) in [7, 11) is 0. The van der Waals surface area contributed by atoms with Crippen molar-refractivity contribution in [1.29, 1.82) is 0 Å². The fraction of sp³-hybridized carbons (Fsp3) is 0.600. The fourth-order valence-corrected chi connectivity index (χ4v) is 2.94. The monoisotopic (exact) mass is 330 g/mol. The lowest BCUT2D eigenvalue weighted by Crippen LogP contribution is -2.38. The van der Waals surface area contributed by atoms with E-state index in [1.54, 1.807) is 0 Å². The second-order valence-electron chi connectivity index (χ2n) is 7.67. The molecule has 4 heteroatoms. The molecule has 0 saturated carbocycles. The summed E-state index contributed by atoms with van der Waals surface area (Å²) in [6, 6.07) is 7.42. The normalized spacial score (nSPS) is 16.0. The third-order valence-corrected chi connectivity index (χ3v) is 4.61. The predicted molar refractivity (Wildman–Crippen MR) is 97.2 cm³/mol. The summed E-state index contributed by atoms with van der Waals surface area (Å²) in [6.45, 7) is 9.55. The van der Waals surface area contributed by atoms with Gasteiger partial charge in [0.15, 0.2) is 0 Å². The molecule has 0 aromatic heterocycles. The number of benzene rings is 1. The van der Waals surface area contributed by atoms with Gasteiger partial charge in [-0.3, -0.25) is 9.59 Å². The van der Waals surface area contributed by atoms with Crippen molar-refractivity contribution in [3.63, 3.8) is 0 Å². The number of nitrogens with zero attached hydrogens (tertiary/aromatic N) is 1. The van der Waals surface area contributed by atoms with Crippen molar-refractivity contribution in [3.05, 3.63) is 35.4 Å². The van der Waals surface area contributed by atoms with Crippen molar-refractivity contribution in [3.8, 4) is 0 Å². The highest BCUT2D eigenvalue weighted by molar-refractivity contribution is 5.97. The number of likely N-dealkylation sites (tertiary alicyclic amines) is 1. The van der Waals surface area contributed by atoms with Crippen molar-refractivity contribution >= 4 is 11.7 Å². The van der Waals surface area contributed by atoms with Crippen LogP contribution >= 0.6 is 0 Å². The van der Waals surface area contributed by atoms with Gasteiger partial charge in [-0.15, -0.1) is 0 Å².